The normalized spacial score (nSPS) is 14.8. The lowest BCUT2D eigenvalue weighted by Gasteiger charge is -2.15. The first-order valence-electron chi connectivity index (χ1n) is 38.7. The van der Waals surface area contributed by atoms with Crippen molar-refractivity contribution in [2.24, 2.45) is 11.7 Å². The first-order chi connectivity index (χ1) is 58.9. The molecule has 12 aromatic rings. The number of carbonyl (C=O) groups is 2. The van der Waals surface area contributed by atoms with Crippen molar-refractivity contribution in [2.75, 3.05) is 93.7 Å². The molecule has 8 aromatic carbocycles. The molecule has 1 amide bonds. The number of benzene rings is 8. The van der Waals surface area contributed by atoms with Crippen LogP contribution in [0.25, 0.3) is 88.1 Å². The number of likely N-dealkylation sites (tertiary alicyclic amines) is 1. The molecule has 0 spiro atoms. The first kappa shape index (κ1) is 93.3. The Morgan fingerprint density at radius 2 is 0.779 bits per heavy atom. The third-order valence-corrected chi connectivity index (χ3v) is 24.0. The molecule has 2 aliphatic carbocycles. The van der Waals surface area contributed by atoms with Crippen molar-refractivity contribution >= 4 is 183 Å². The second kappa shape index (κ2) is 44.2. The summed E-state index contributed by atoms with van der Waals surface area (Å²) in [6, 6.07) is 31.1. The maximum absolute atomic E-state index is 11.8. The van der Waals surface area contributed by atoms with Crippen molar-refractivity contribution < 1.29 is 47.5 Å². The fourth-order valence-corrected chi connectivity index (χ4v) is 17.3. The molecule has 2 saturated carbocycles. The molecule has 33 heteroatoms. The van der Waals surface area contributed by atoms with Gasteiger partial charge in [-0.05, 0) is 157 Å². The zero-order chi connectivity index (χ0) is 87.4. The van der Waals surface area contributed by atoms with Gasteiger partial charge in [0.05, 0.1) is 119 Å². The summed E-state index contributed by atoms with van der Waals surface area (Å²) in [5.74, 6) is 6.33. The Hall–Kier alpha value is -9.44. The summed E-state index contributed by atoms with van der Waals surface area (Å²) in [6.45, 7) is 10.0. The predicted octanol–water partition coefficient (Wildman–Crippen LogP) is 22.7. The minimum absolute atomic E-state index is 0.0223. The van der Waals surface area contributed by atoms with Crippen LogP contribution in [-0.4, -0.2) is 157 Å². The van der Waals surface area contributed by atoms with Crippen molar-refractivity contribution in [3.63, 3.8) is 0 Å². The Bertz CT molecular complexity index is 5510. The number of fused-ring (bicyclic) bond motifs is 4. The van der Waals surface area contributed by atoms with Crippen LogP contribution in [0.4, 0.5) is 11.9 Å². The molecule has 0 radical (unpaired) electrons. The summed E-state index contributed by atoms with van der Waals surface area (Å²) in [7, 11) is 12.4. The lowest BCUT2D eigenvalue weighted by atomic mass is 10.0. The van der Waals surface area contributed by atoms with Crippen molar-refractivity contribution in [3.05, 3.63) is 198 Å². The number of aromatic nitrogens is 8. The van der Waals surface area contributed by atoms with E-state index in [9.17, 15) is 9.59 Å². The van der Waals surface area contributed by atoms with E-state index in [-0.39, 0.29) is 11.2 Å². The van der Waals surface area contributed by atoms with Crippen molar-refractivity contribution in [1.29, 1.82) is 0 Å². The van der Waals surface area contributed by atoms with Gasteiger partial charge < -0.3 is 64.5 Å². The molecule has 0 bridgehead atoms. The standard InChI is InChI=1S/C24H23Cl2N3O3.C21H21Cl2N3O2.C20H20Cl2N4O2.C16H11Cl3N2O2.C5H11N.C3H3ClO/c1-4-21(30)29-8-7-14(13-29)9-20-27-12-16-10-15(5-6-17(16)28-20)22-23(25)18(31-2)11-19(32-3)24(22)26;1-27-16-10-17(28-2)20(23)18(19(16)22)12-7-8-15-13(9-12)11-24-21(26-15)25-14-5-3-4-6-14;1-27-15-8-16(28-2)19(22)17(18(15)21)11-3-4-14-12(7-11)9-24-20(26-14)25-13-5-6-23-10-13;1-22-11-6-12(23-2)15(18)13(14(11)17)8-3-4-10-9(5-8)7-20-16(19)21-10;6-5-3-1-2-4-5;1-2-3(4)5/h4-6,10-12,14H,1,7-9,13H2,2-3H3;7-11,14H,3-6H2,1-2H3,(H,24,25,26);3-4,7-9,13,23H,5-6,10H2,1-2H3,(H,24,25,26);3-7H,1-2H3;5H,1-4,6H2;2H,1H2/t14-;;13-;;;/m1.0.../s1. The van der Waals surface area contributed by atoms with Crippen molar-refractivity contribution in [1.82, 2.24) is 50.1 Å². The second-order valence-corrected chi connectivity index (χ2v) is 32.1. The monoisotopic (exact) mass is 1850 g/mol. The van der Waals surface area contributed by atoms with E-state index in [0.29, 0.717) is 151 Å². The third kappa shape index (κ3) is 22.9. The number of allylic oxidation sites excluding steroid dienone is 1. The van der Waals surface area contributed by atoms with Gasteiger partial charge in [-0.25, -0.2) is 39.9 Å². The van der Waals surface area contributed by atoms with Crippen LogP contribution in [0.3, 0.4) is 0 Å². The molecule has 2 atom stereocenters. The number of nitrogens with two attached hydrogens (primary N) is 1. The van der Waals surface area contributed by atoms with Crippen molar-refractivity contribution in [3.8, 4) is 90.5 Å². The van der Waals surface area contributed by atoms with Crippen LogP contribution in [0.1, 0.15) is 70.0 Å². The van der Waals surface area contributed by atoms with Crippen LogP contribution in [0.2, 0.25) is 45.5 Å². The molecule has 2 saturated heterocycles. The predicted molar refractivity (Wildman–Crippen MR) is 494 cm³/mol. The average Bonchev–Trinajstić information content (AvgIpc) is 1.75. The number of anilines is 2. The second-order valence-electron chi connectivity index (χ2n) is 28.4. The number of methoxy groups -OCH3 is 8. The number of halogens is 10. The number of hydrogen-bond acceptors (Lipinski definition) is 22. The summed E-state index contributed by atoms with van der Waals surface area (Å²) in [4.78, 5) is 58.7. The fourth-order valence-electron chi connectivity index (χ4n) is 14.3. The third-order valence-electron chi connectivity index (χ3n) is 20.7. The number of hydrogen-bond donors (Lipinski definition) is 4. The maximum Gasteiger partial charge on any atom is 0.245 e. The highest BCUT2D eigenvalue weighted by atomic mass is 35.5. The van der Waals surface area contributed by atoms with Gasteiger partial charge in [0.15, 0.2) is 0 Å². The number of carbonyl (C=O) groups excluding carboxylic acids is 2. The summed E-state index contributed by atoms with van der Waals surface area (Å²) < 4.78 is 42.8. The van der Waals surface area contributed by atoms with E-state index < -0.39 is 5.24 Å². The van der Waals surface area contributed by atoms with E-state index in [1.165, 1.54) is 71.7 Å². The number of rotatable bonds is 20. The summed E-state index contributed by atoms with van der Waals surface area (Å²) in [5, 5.41) is 16.7. The van der Waals surface area contributed by atoms with Gasteiger partial charge in [0.2, 0.25) is 28.3 Å². The minimum Gasteiger partial charge on any atom is -0.495 e. The Labute approximate surface area is 757 Å². The summed E-state index contributed by atoms with van der Waals surface area (Å²) in [6.07, 6.45) is 22.3. The van der Waals surface area contributed by atoms with E-state index >= 15 is 0 Å². The lowest BCUT2D eigenvalue weighted by Crippen LogP contribution is -2.27. The van der Waals surface area contributed by atoms with E-state index in [1.807, 2.05) is 90.1 Å². The Kier molecular flexibility index (Phi) is 33.8. The topological polar surface area (TPSA) is 276 Å². The first-order valence-corrected chi connectivity index (χ1v) is 42.5. The van der Waals surface area contributed by atoms with Crippen LogP contribution in [0, 0.1) is 5.92 Å². The van der Waals surface area contributed by atoms with Crippen LogP contribution < -0.4 is 59.6 Å². The molecule has 5 N–H and O–H groups in total. The highest BCUT2D eigenvalue weighted by Crippen LogP contribution is 2.51. The molecular formula is C89H89Cl10N13O10. The minimum atomic E-state index is -0.509. The van der Waals surface area contributed by atoms with E-state index in [1.54, 1.807) is 79.3 Å². The van der Waals surface area contributed by atoms with E-state index in [2.05, 4.69) is 64.0 Å². The molecule has 0 unspecified atom stereocenters. The zero-order valence-electron chi connectivity index (χ0n) is 68.0. The molecule has 6 heterocycles. The van der Waals surface area contributed by atoms with Gasteiger partial charge in [-0.2, -0.15) is 0 Å². The van der Waals surface area contributed by atoms with Crippen LogP contribution in [0.15, 0.2) is 147 Å². The van der Waals surface area contributed by atoms with Gasteiger partial charge >= 0.3 is 0 Å². The molecule has 4 aliphatic rings. The Balaban J connectivity index is 0.000000153. The zero-order valence-corrected chi connectivity index (χ0v) is 75.6. The van der Waals surface area contributed by atoms with Gasteiger partial charge in [-0.3, -0.25) is 9.59 Å². The molecule has 4 fully saturated rings. The van der Waals surface area contributed by atoms with Crippen LogP contribution in [-0.2, 0) is 16.0 Å². The van der Waals surface area contributed by atoms with Gasteiger partial charge in [-0.1, -0.05) is 156 Å². The molecule has 16 rings (SSSR count). The molecule has 122 heavy (non-hydrogen) atoms. The molecule has 640 valence electrons. The smallest absolute Gasteiger partial charge is 0.245 e. The van der Waals surface area contributed by atoms with Gasteiger partial charge in [0.1, 0.15) is 51.8 Å². The number of ether oxygens (including phenoxy) is 8. The molecule has 4 aromatic heterocycles. The van der Waals surface area contributed by atoms with E-state index in [0.717, 1.165) is 117 Å². The SMILES string of the molecule is C=CC(=O)Cl.C=CC(=O)N1CC[C@H](Cc2ncc3cc(-c4c(Cl)c(OC)cc(OC)c4Cl)ccc3n2)C1.COc1cc(OC)c(Cl)c(-c2ccc3nc(Cl)ncc3c2)c1Cl.COc1cc(OC)c(Cl)c(-c2ccc3nc(NC4CCCC4)ncc3c2)c1Cl.COc1cc(OC)c(Cl)c(-c2ccc3nc(N[C@H]4CCNC4)ncc3c2)c1Cl.NC1CCCC1. The summed E-state index contributed by atoms with van der Waals surface area (Å²) in [5.41, 5.74) is 14.7. The van der Waals surface area contributed by atoms with Crippen LogP contribution in [0.5, 0.6) is 46.0 Å². The molecular weight excluding hydrogens is 1770 g/mol. The van der Waals surface area contributed by atoms with E-state index in [4.69, 9.17) is 165 Å². The molecule has 2 aliphatic heterocycles. The average molecular weight is 1860 g/mol. The largest absolute Gasteiger partial charge is 0.495 e. The quantitative estimate of drug-likeness (QED) is 0.0313. The van der Waals surface area contributed by atoms with Gasteiger partial charge in [-0.15, -0.1) is 0 Å². The summed E-state index contributed by atoms with van der Waals surface area (Å²) >= 11 is 62.7. The van der Waals surface area contributed by atoms with Crippen LogP contribution >= 0.6 is 116 Å². The Morgan fingerprint density at radius 1 is 0.443 bits per heavy atom. The molecule has 23 nitrogen and oxygen atoms in total. The highest BCUT2D eigenvalue weighted by molar-refractivity contribution is 6.66. The number of nitrogens with one attached hydrogen (secondary N) is 3. The number of amides is 1. The van der Waals surface area contributed by atoms with Gasteiger partial charge in [0, 0.05) is 137 Å². The lowest BCUT2D eigenvalue weighted by molar-refractivity contribution is -0.125. The van der Waals surface area contributed by atoms with Gasteiger partial charge in [0.25, 0.3) is 0 Å². The number of nitrogens with zero attached hydrogens (tertiary/aromatic N) is 9. The Morgan fingerprint density at radius 3 is 1.11 bits per heavy atom. The maximum atomic E-state index is 11.8. The van der Waals surface area contributed by atoms with Crippen molar-refractivity contribution in [2.45, 2.75) is 88.8 Å². The fraction of sp³-hybridized carbons (Fsp3) is 0.303. The highest BCUT2D eigenvalue weighted by Gasteiger charge is 2.28.